The molecule has 1 aliphatic heterocycles. The Kier molecular flexibility index (Phi) is 1.81. The first-order valence-corrected chi connectivity index (χ1v) is 5.22. The molecular formula is C13H13NO. The molecule has 0 spiro atoms. The molecule has 0 bridgehead atoms. The van der Waals surface area contributed by atoms with Crippen molar-refractivity contribution in [1.82, 2.24) is 0 Å². The third-order valence-corrected chi connectivity index (χ3v) is 3.01. The van der Waals surface area contributed by atoms with Crippen molar-refractivity contribution in [3.63, 3.8) is 0 Å². The van der Waals surface area contributed by atoms with Crippen molar-refractivity contribution in [2.24, 2.45) is 0 Å². The number of nitrogens with one attached hydrogen (secondary N) is 1. The second kappa shape index (κ2) is 3.16. The van der Waals surface area contributed by atoms with E-state index < -0.39 is 0 Å². The van der Waals surface area contributed by atoms with Gasteiger partial charge in [-0.15, -0.1) is 0 Å². The Labute approximate surface area is 88.9 Å². The Morgan fingerprint density at radius 1 is 1.20 bits per heavy atom. The number of anilines is 1. The molecule has 0 atom stereocenters. The van der Waals surface area contributed by atoms with E-state index >= 15 is 0 Å². The predicted molar refractivity (Wildman–Crippen MR) is 62.7 cm³/mol. The molecule has 1 aliphatic rings. The van der Waals surface area contributed by atoms with Crippen LogP contribution in [0, 0.1) is 0 Å². The third-order valence-electron chi connectivity index (χ3n) is 3.01. The Morgan fingerprint density at radius 3 is 3.00 bits per heavy atom. The van der Waals surface area contributed by atoms with Crippen LogP contribution < -0.4 is 10.1 Å². The lowest BCUT2D eigenvalue weighted by atomic mass is 10.0. The average molecular weight is 199 g/mol. The van der Waals surface area contributed by atoms with Crippen molar-refractivity contribution in [2.45, 2.75) is 6.42 Å². The van der Waals surface area contributed by atoms with Crippen LogP contribution in [0.4, 0.5) is 5.69 Å². The Morgan fingerprint density at radius 2 is 2.13 bits per heavy atom. The van der Waals surface area contributed by atoms with Gasteiger partial charge in [-0.05, 0) is 35.6 Å². The van der Waals surface area contributed by atoms with Crippen LogP contribution in [0.1, 0.15) is 5.56 Å². The summed E-state index contributed by atoms with van der Waals surface area (Å²) in [6.45, 7) is 1.06. The van der Waals surface area contributed by atoms with Gasteiger partial charge in [0.15, 0.2) is 0 Å². The molecule has 0 radical (unpaired) electrons. The summed E-state index contributed by atoms with van der Waals surface area (Å²) in [5.41, 5.74) is 2.72. The van der Waals surface area contributed by atoms with E-state index in [0.29, 0.717) is 0 Å². The molecule has 0 unspecified atom stereocenters. The average Bonchev–Trinajstić information content (AvgIpc) is 2.76. The highest BCUT2D eigenvalue weighted by molar-refractivity contribution is 5.97. The van der Waals surface area contributed by atoms with Gasteiger partial charge in [0, 0.05) is 17.6 Å². The first kappa shape index (κ1) is 8.60. The molecule has 0 aliphatic carbocycles. The van der Waals surface area contributed by atoms with Gasteiger partial charge in [-0.3, -0.25) is 0 Å². The van der Waals surface area contributed by atoms with Crippen LogP contribution in [0.2, 0.25) is 0 Å². The van der Waals surface area contributed by atoms with E-state index in [1.165, 1.54) is 22.0 Å². The molecule has 0 saturated heterocycles. The molecule has 2 aromatic carbocycles. The van der Waals surface area contributed by atoms with Crippen LogP contribution in [0.15, 0.2) is 30.3 Å². The summed E-state index contributed by atoms with van der Waals surface area (Å²) in [5.74, 6) is 0.917. The fraction of sp³-hybridized carbons (Fsp3) is 0.231. The number of hydrogen-bond donors (Lipinski definition) is 1. The Bertz CT molecular complexity index is 519. The smallest absolute Gasteiger partial charge is 0.119 e. The number of methoxy groups -OCH3 is 1. The van der Waals surface area contributed by atoms with Crippen molar-refractivity contribution in [2.75, 3.05) is 19.0 Å². The van der Waals surface area contributed by atoms with E-state index in [1.54, 1.807) is 7.11 Å². The van der Waals surface area contributed by atoms with E-state index in [1.807, 2.05) is 6.07 Å². The summed E-state index contributed by atoms with van der Waals surface area (Å²) in [6, 6.07) is 10.6. The van der Waals surface area contributed by atoms with Gasteiger partial charge in [0.25, 0.3) is 0 Å². The second-order valence-corrected chi connectivity index (χ2v) is 3.86. The normalized spacial score (nSPS) is 13.7. The lowest BCUT2D eigenvalue weighted by molar-refractivity contribution is 0.415. The standard InChI is InChI=1S/C13H13NO/c1-15-11-4-5-12-10(8-11)3-2-9-6-7-14-13(9)12/h2-5,8,14H,6-7H2,1H3. The third kappa shape index (κ3) is 1.25. The Balaban J connectivity index is 2.29. The minimum atomic E-state index is 0.917. The van der Waals surface area contributed by atoms with Gasteiger partial charge < -0.3 is 10.1 Å². The first-order chi connectivity index (χ1) is 7.38. The van der Waals surface area contributed by atoms with Crippen molar-refractivity contribution in [1.29, 1.82) is 0 Å². The maximum Gasteiger partial charge on any atom is 0.119 e. The largest absolute Gasteiger partial charge is 0.497 e. The van der Waals surface area contributed by atoms with E-state index in [-0.39, 0.29) is 0 Å². The first-order valence-electron chi connectivity index (χ1n) is 5.22. The zero-order chi connectivity index (χ0) is 10.3. The number of rotatable bonds is 1. The van der Waals surface area contributed by atoms with E-state index in [9.17, 15) is 0 Å². The summed E-state index contributed by atoms with van der Waals surface area (Å²) in [5, 5.41) is 5.98. The van der Waals surface area contributed by atoms with Crippen molar-refractivity contribution < 1.29 is 4.74 Å². The molecule has 0 saturated carbocycles. The molecule has 1 N–H and O–H groups in total. The molecule has 1 heterocycles. The van der Waals surface area contributed by atoms with Gasteiger partial charge in [-0.25, -0.2) is 0 Å². The maximum atomic E-state index is 5.22. The van der Waals surface area contributed by atoms with E-state index in [2.05, 4.69) is 29.6 Å². The molecule has 76 valence electrons. The highest BCUT2D eigenvalue weighted by Crippen LogP contribution is 2.33. The van der Waals surface area contributed by atoms with E-state index in [4.69, 9.17) is 4.74 Å². The van der Waals surface area contributed by atoms with Crippen molar-refractivity contribution in [3.05, 3.63) is 35.9 Å². The minimum absolute atomic E-state index is 0.917. The summed E-state index contributed by atoms with van der Waals surface area (Å²) in [4.78, 5) is 0. The van der Waals surface area contributed by atoms with Crippen LogP contribution >= 0.6 is 0 Å². The summed E-state index contributed by atoms with van der Waals surface area (Å²) in [6.07, 6.45) is 1.14. The van der Waals surface area contributed by atoms with Gasteiger partial charge >= 0.3 is 0 Å². The van der Waals surface area contributed by atoms with Gasteiger partial charge in [0.2, 0.25) is 0 Å². The summed E-state index contributed by atoms with van der Waals surface area (Å²) in [7, 11) is 1.70. The van der Waals surface area contributed by atoms with Gasteiger partial charge in [-0.1, -0.05) is 12.1 Å². The summed E-state index contributed by atoms with van der Waals surface area (Å²) >= 11 is 0. The summed E-state index contributed by atoms with van der Waals surface area (Å²) < 4.78 is 5.22. The fourth-order valence-corrected chi connectivity index (χ4v) is 2.22. The van der Waals surface area contributed by atoms with E-state index in [0.717, 1.165) is 18.7 Å². The quantitative estimate of drug-likeness (QED) is 0.762. The molecule has 2 nitrogen and oxygen atoms in total. The molecule has 0 aromatic heterocycles. The zero-order valence-electron chi connectivity index (χ0n) is 8.71. The van der Waals surface area contributed by atoms with Crippen LogP contribution in [-0.2, 0) is 6.42 Å². The fourth-order valence-electron chi connectivity index (χ4n) is 2.22. The zero-order valence-corrected chi connectivity index (χ0v) is 8.71. The lowest BCUT2D eigenvalue weighted by Gasteiger charge is -2.07. The van der Waals surface area contributed by atoms with Crippen LogP contribution in [0.5, 0.6) is 5.75 Å². The predicted octanol–water partition coefficient (Wildman–Crippen LogP) is 2.82. The SMILES string of the molecule is COc1ccc2c3c(ccc2c1)CCN3. The highest BCUT2D eigenvalue weighted by Gasteiger charge is 2.12. The monoisotopic (exact) mass is 199 g/mol. The Hall–Kier alpha value is -1.70. The lowest BCUT2D eigenvalue weighted by Crippen LogP contribution is -1.92. The molecular weight excluding hydrogens is 186 g/mol. The molecule has 0 amide bonds. The number of hydrogen-bond acceptors (Lipinski definition) is 2. The van der Waals surface area contributed by atoms with Gasteiger partial charge in [-0.2, -0.15) is 0 Å². The van der Waals surface area contributed by atoms with Crippen LogP contribution in [-0.4, -0.2) is 13.7 Å². The van der Waals surface area contributed by atoms with Gasteiger partial charge in [0.05, 0.1) is 7.11 Å². The molecule has 0 fully saturated rings. The second-order valence-electron chi connectivity index (χ2n) is 3.86. The highest BCUT2D eigenvalue weighted by atomic mass is 16.5. The van der Waals surface area contributed by atoms with Crippen LogP contribution in [0.3, 0.4) is 0 Å². The number of benzene rings is 2. The van der Waals surface area contributed by atoms with Crippen LogP contribution in [0.25, 0.3) is 10.8 Å². The molecule has 15 heavy (non-hydrogen) atoms. The maximum absolute atomic E-state index is 5.22. The van der Waals surface area contributed by atoms with Crippen molar-refractivity contribution >= 4 is 16.5 Å². The molecule has 2 heteroatoms. The molecule has 3 rings (SSSR count). The number of fused-ring (bicyclic) bond motifs is 3. The van der Waals surface area contributed by atoms with Crippen molar-refractivity contribution in [3.8, 4) is 5.75 Å². The minimum Gasteiger partial charge on any atom is -0.497 e. The molecule has 2 aromatic rings. The topological polar surface area (TPSA) is 21.3 Å². The van der Waals surface area contributed by atoms with Gasteiger partial charge in [0.1, 0.15) is 5.75 Å². The number of ether oxygens (including phenoxy) is 1.